The highest BCUT2D eigenvalue weighted by atomic mass is 19.1. The Morgan fingerprint density at radius 2 is 1.92 bits per heavy atom. The first-order valence-corrected chi connectivity index (χ1v) is 8.77. The van der Waals surface area contributed by atoms with Crippen LogP contribution < -0.4 is 0 Å². The van der Waals surface area contributed by atoms with E-state index in [0.29, 0.717) is 12.0 Å². The molecule has 1 amide bonds. The summed E-state index contributed by atoms with van der Waals surface area (Å²) in [6, 6.07) is 13.1. The summed E-state index contributed by atoms with van der Waals surface area (Å²) in [6.07, 6.45) is 3.82. The second-order valence-corrected chi connectivity index (χ2v) is 6.77. The van der Waals surface area contributed by atoms with Gasteiger partial charge in [0.2, 0.25) is 0 Å². The van der Waals surface area contributed by atoms with Gasteiger partial charge in [-0.3, -0.25) is 4.90 Å². The Kier molecular flexibility index (Phi) is 4.45. The quantitative estimate of drug-likeness (QED) is 0.782. The Bertz CT molecular complexity index is 850. The number of benzene rings is 2. The molecule has 2 aromatic carbocycles. The van der Waals surface area contributed by atoms with Gasteiger partial charge in [-0.2, -0.15) is 0 Å². The maximum atomic E-state index is 14.1. The zero-order valence-corrected chi connectivity index (χ0v) is 14.2. The van der Waals surface area contributed by atoms with Crippen molar-refractivity contribution in [2.24, 2.45) is 0 Å². The minimum Gasteiger partial charge on any atom is -0.445 e. The number of nitrogens with zero attached hydrogens (tertiary/aromatic N) is 1. The van der Waals surface area contributed by atoms with Gasteiger partial charge in [-0.1, -0.05) is 36.4 Å². The van der Waals surface area contributed by atoms with E-state index >= 15 is 0 Å². The van der Waals surface area contributed by atoms with Crippen molar-refractivity contribution in [3.8, 4) is 0 Å². The Balaban J connectivity index is 1.49. The molecule has 0 radical (unpaired) electrons. The maximum Gasteiger partial charge on any atom is 0.410 e. The number of carbonyl (C=O) groups excluding carboxylic acids is 1. The van der Waals surface area contributed by atoms with Crippen molar-refractivity contribution in [1.82, 2.24) is 4.90 Å². The molecule has 134 valence electrons. The average molecular weight is 355 g/mol. The molecule has 0 spiro atoms. The highest BCUT2D eigenvalue weighted by Crippen LogP contribution is 2.39. The molecule has 4 rings (SSSR count). The lowest BCUT2D eigenvalue weighted by molar-refractivity contribution is 0.0832. The highest BCUT2D eigenvalue weighted by Gasteiger charge is 2.41. The van der Waals surface area contributed by atoms with Gasteiger partial charge >= 0.3 is 6.09 Å². The molecule has 2 heterocycles. The summed E-state index contributed by atoms with van der Waals surface area (Å²) < 4.78 is 32.7. The summed E-state index contributed by atoms with van der Waals surface area (Å²) in [7, 11) is 0. The third-order valence-electron chi connectivity index (χ3n) is 5.09. The van der Waals surface area contributed by atoms with Crippen LogP contribution in [0.4, 0.5) is 13.6 Å². The highest BCUT2D eigenvalue weighted by molar-refractivity contribution is 5.75. The van der Waals surface area contributed by atoms with Crippen LogP contribution >= 0.6 is 0 Å². The fourth-order valence-electron chi connectivity index (χ4n) is 3.86. The zero-order valence-electron chi connectivity index (χ0n) is 14.2. The Morgan fingerprint density at radius 1 is 1.12 bits per heavy atom. The number of rotatable bonds is 3. The zero-order chi connectivity index (χ0) is 18.1. The SMILES string of the molecule is O=C(OCc1ccccc1)N1C2C=C(c3ccc(F)cc3F)CC1CC2. The summed E-state index contributed by atoms with van der Waals surface area (Å²) in [6.45, 7) is 0.235. The van der Waals surface area contributed by atoms with Crippen LogP contribution in [0, 0.1) is 11.6 Å². The van der Waals surface area contributed by atoms with Gasteiger partial charge in [0, 0.05) is 17.7 Å². The third kappa shape index (κ3) is 3.21. The fraction of sp³-hybridized carbons (Fsp3) is 0.286. The minimum atomic E-state index is -0.586. The summed E-state index contributed by atoms with van der Waals surface area (Å²) in [4.78, 5) is 14.3. The molecule has 2 aliphatic heterocycles. The lowest BCUT2D eigenvalue weighted by Gasteiger charge is -2.33. The Hall–Kier alpha value is -2.69. The number of halogens is 2. The number of ether oxygens (including phenoxy) is 1. The van der Waals surface area contributed by atoms with E-state index in [0.717, 1.165) is 30.0 Å². The summed E-state index contributed by atoms with van der Waals surface area (Å²) in [5.41, 5.74) is 2.19. The molecule has 2 unspecified atom stereocenters. The molecule has 0 N–H and O–H groups in total. The van der Waals surface area contributed by atoms with E-state index in [1.54, 1.807) is 4.90 Å². The maximum absolute atomic E-state index is 14.1. The number of amides is 1. The van der Waals surface area contributed by atoms with Crippen LogP contribution in [-0.2, 0) is 11.3 Å². The van der Waals surface area contributed by atoms with Gasteiger partial charge < -0.3 is 4.74 Å². The molecule has 3 nitrogen and oxygen atoms in total. The van der Waals surface area contributed by atoms with Crippen LogP contribution in [0.3, 0.4) is 0 Å². The standard InChI is InChI=1S/C21H19F2NO2/c22-16-6-9-19(20(23)12-16)15-10-17-7-8-18(11-15)24(17)21(25)26-13-14-4-2-1-3-5-14/h1-6,9-10,12,17-18H,7-8,11,13H2. The smallest absolute Gasteiger partial charge is 0.410 e. The molecule has 1 fully saturated rings. The Labute approximate surface area is 150 Å². The van der Waals surface area contributed by atoms with E-state index in [2.05, 4.69) is 0 Å². The van der Waals surface area contributed by atoms with Crippen LogP contribution in [-0.4, -0.2) is 23.1 Å². The van der Waals surface area contributed by atoms with Gasteiger partial charge in [0.15, 0.2) is 0 Å². The van der Waals surface area contributed by atoms with E-state index in [9.17, 15) is 13.6 Å². The van der Waals surface area contributed by atoms with Gasteiger partial charge in [0.1, 0.15) is 18.2 Å². The third-order valence-corrected chi connectivity index (χ3v) is 5.09. The predicted molar refractivity (Wildman–Crippen MR) is 94.2 cm³/mol. The molecule has 0 saturated carbocycles. The van der Waals surface area contributed by atoms with Crippen LogP contribution in [0.15, 0.2) is 54.6 Å². The topological polar surface area (TPSA) is 29.5 Å². The lowest BCUT2D eigenvalue weighted by atomic mass is 9.94. The van der Waals surface area contributed by atoms with Gasteiger partial charge in [-0.15, -0.1) is 0 Å². The van der Waals surface area contributed by atoms with Crippen molar-refractivity contribution < 1.29 is 18.3 Å². The van der Waals surface area contributed by atoms with Crippen molar-refractivity contribution in [1.29, 1.82) is 0 Å². The Morgan fingerprint density at radius 3 is 2.65 bits per heavy atom. The molecule has 0 aromatic heterocycles. The summed E-state index contributed by atoms with van der Waals surface area (Å²) >= 11 is 0. The lowest BCUT2D eigenvalue weighted by Crippen LogP contribution is -2.43. The average Bonchev–Trinajstić information content (AvgIpc) is 2.90. The molecule has 1 saturated heterocycles. The van der Waals surface area contributed by atoms with E-state index < -0.39 is 11.6 Å². The fourth-order valence-corrected chi connectivity index (χ4v) is 3.86. The molecule has 2 aliphatic rings. The molecule has 2 aromatic rings. The van der Waals surface area contributed by atoms with Crippen LogP contribution in [0.25, 0.3) is 5.57 Å². The number of hydrogen-bond donors (Lipinski definition) is 0. The second kappa shape index (κ2) is 6.90. The van der Waals surface area contributed by atoms with Crippen molar-refractivity contribution >= 4 is 11.7 Å². The first kappa shape index (κ1) is 16.8. The van der Waals surface area contributed by atoms with E-state index in [4.69, 9.17) is 4.74 Å². The number of carbonyl (C=O) groups is 1. The van der Waals surface area contributed by atoms with Gasteiger partial charge in [0.25, 0.3) is 0 Å². The monoisotopic (exact) mass is 355 g/mol. The van der Waals surface area contributed by atoms with Gasteiger partial charge in [-0.25, -0.2) is 13.6 Å². The molecule has 0 aliphatic carbocycles. The molecule has 5 heteroatoms. The van der Waals surface area contributed by atoms with Crippen LogP contribution in [0.2, 0.25) is 0 Å². The normalized spacial score (nSPS) is 21.5. The van der Waals surface area contributed by atoms with Gasteiger partial charge in [0.05, 0.1) is 6.04 Å². The van der Waals surface area contributed by atoms with E-state index in [1.807, 2.05) is 36.4 Å². The van der Waals surface area contributed by atoms with Crippen molar-refractivity contribution in [3.05, 3.63) is 77.4 Å². The van der Waals surface area contributed by atoms with E-state index in [-0.39, 0.29) is 24.8 Å². The summed E-state index contributed by atoms with van der Waals surface area (Å²) in [5.74, 6) is -1.15. The van der Waals surface area contributed by atoms with Crippen LogP contribution in [0.1, 0.15) is 30.4 Å². The predicted octanol–water partition coefficient (Wildman–Crippen LogP) is 4.92. The summed E-state index contributed by atoms with van der Waals surface area (Å²) in [5, 5.41) is 0. The van der Waals surface area contributed by atoms with Gasteiger partial charge in [-0.05, 0) is 42.5 Å². The first-order valence-electron chi connectivity index (χ1n) is 8.77. The molecule has 26 heavy (non-hydrogen) atoms. The van der Waals surface area contributed by atoms with Crippen molar-refractivity contribution in [2.75, 3.05) is 0 Å². The van der Waals surface area contributed by atoms with Crippen molar-refractivity contribution in [2.45, 2.75) is 38.0 Å². The molecular weight excluding hydrogens is 336 g/mol. The molecule has 2 bridgehead atoms. The van der Waals surface area contributed by atoms with E-state index in [1.165, 1.54) is 12.1 Å². The molecular formula is C21H19F2NO2. The minimum absolute atomic E-state index is 0.00673. The molecule has 2 atom stereocenters. The number of hydrogen-bond acceptors (Lipinski definition) is 2. The second-order valence-electron chi connectivity index (χ2n) is 6.77. The van der Waals surface area contributed by atoms with Crippen molar-refractivity contribution in [3.63, 3.8) is 0 Å². The van der Waals surface area contributed by atoms with Crippen LogP contribution in [0.5, 0.6) is 0 Å². The number of fused-ring (bicyclic) bond motifs is 2. The first-order chi connectivity index (χ1) is 12.6. The largest absolute Gasteiger partial charge is 0.445 e.